The second-order valence-corrected chi connectivity index (χ2v) is 18.4. The Kier molecular flexibility index (Phi) is 5.37. The normalized spacial score (nSPS) is 13.5. The average Bonchev–Trinajstić information content (AvgIpc) is 1.97. The minimum atomic E-state index is -1.84. The SMILES string of the molecule is COC(=O)/C=C/C(C)=[CH]\[Sn]([CH3])([CH3])[CH3]. The Bertz CT molecular complexity index is 234. The molecule has 0 aromatic rings. The van der Waals surface area contributed by atoms with Gasteiger partial charge in [-0.25, -0.2) is 0 Å². The van der Waals surface area contributed by atoms with Crippen molar-refractivity contribution in [3.05, 3.63) is 21.8 Å². The first-order valence-electron chi connectivity index (χ1n) is 4.30. The topological polar surface area (TPSA) is 26.3 Å². The van der Waals surface area contributed by atoms with Crippen LogP contribution in [0, 0.1) is 0 Å². The van der Waals surface area contributed by atoms with Gasteiger partial charge in [0.15, 0.2) is 0 Å². The summed E-state index contributed by atoms with van der Waals surface area (Å²) in [4.78, 5) is 17.7. The van der Waals surface area contributed by atoms with Crippen LogP contribution in [0.2, 0.25) is 14.8 Å². The summed E-state index contributed by atoms with van der Waals surface area (Å²) in [7, 11) is 1.38. The second kappa shape index (κ2) is 5.47. The Balaban J connectivity index is 4.30. The van der Waals surface area contributed by atoms with E-state index in [1.807, 2.05) is 13.0 Å². The predicted molar refractivity (Wildman–Crippen MR) is 58.3 cm³/mol. The maximum absolute atomic E-state index is 10.8. The molecule has 0 fully saturated rings. The van der Waals surface area contributed by atoms with Crippen molar-refractivity contribution in [1.29, 1.82) is 0 Å². The predicted octanol–water partition coefficient (Wildman–Crippen LogP) is 2.54. The zero-order valence-electron chi connectivity index (χ0n) is 9.05. The van der Waals surface area contributed by atoms with Gasteiger partial charge in [0, 0.05) is 0 Å². The first-order valence-corrected chi connectivity index (χ1v) is 14.5. The van der Waals surface area contributed by atoms with Crippen LogP contribution in [0.3, 0.4) is 0 Å². The molecule has 74 valence electrons. The van der Waals surface area contributed by atoms with Crippen LogP contribution < -0.4 is 0 Å². The molecule has 0 rings (SSSR count). The number of rotatable bonds is 3. The third kappa shape index (κ3) is 8.09. The summed E-state index contributed by atoms with van der Waals surface area (Å²) in [6.07, 6.45) is 3.28. The first kappa shape index (κ1) is 12.7. The zero-order chi connectivity index (χ0) is 10.5. The van der Waals surface area contributed by atoms with Gasteiger partial charge in [0.25, 0.3) is 0 Å². The van der Waals surface area contributed by atoms with Crippen LogP contribution in [0.15, 0.2) is 21.8 Å². The summed E-state index contributed by atoms with van der Waals surface area (Å²) in [6, 6.07) is 0. The van der Waals surface area contributed by atoms with E-state index in [2.05, 4.69) is 23.6 Å². The van der Waals surface area contributed by atoms with Gasteiger partial charge in [-0.3, -0.25) is 0 Å². The molecular weight excluding hydrogens is 271 g/mol. The summed E-state index contributed by atoms with van der Waals surface area (Å²) in [5, 5.41) is 0. The number of hydrogen-bond acceptors (Lipinski definition) is 2. The summed E-state index contributed by atoms with van der Waals surface area (Å²) >= 11 is -1.84. The van der Waals surface area contributed by atoms with Gasteiger partial charge in [-0.05, 0) is 0 Å². The van der Waals surface area contributed by atoms with Crippen molar-refractivity contribution in [2.24, 2.45) is 0 Å². The van der Waals surface area contributed by atoms with Gasteiger partial charge < -0.3 is 0 Å². The van der Waals surface area contributed by atoms with Crippen molar-refractivity contribution in [3.8, 4) is 0 Å². The number of carbonyl (C=O) groups excluding carboxylic acids is 1. The van der Waals surface area contributed by atoms with E-state index in [-0.39, 0.29) is 5.97 Å². The molecule has 0 aliphatic carbocycles. The number of methoxy groups -OCH3 is 1. The van der Waals surface area contributed by atoms with Gasteiger partial charge in [-0.15, -0.1) is 0 Å². The van der Waals surface area contributed by atoms with Crippen molar-refractivity contribution in [2.75, 3.05) is 7.11 Å². The van der Waals surface area contributed by atoms with Crippen LogP contribution in [0.5, 0.6) is 0 Å². The Labute approximate surface area is 84.5 Å². The van der Waals surface area contributed by atoms with Gasteiger partial charge in [0.2, 0.25) is 0 Å². The maximum atomic E-state index is 10.8. The monoisotopic (exact) mass is 290 g/mol. The Morgan fingerprint density at radius 2 is 1.77 bits per heavy atom. The van der Waals surface area contributed by atoms with Crippen molar-refractivity contribution in [2.45, 2.75) is 21.7 Å². The van der Waals surface area contributed by atoms with Crippen molar-refractivity contribution >= 4 is 24.3 Å². The molecule has 0 aliphatic heterocycles. The van der Waals surface area contributed by atoms with Gasteiger partial charge >= 0.3 is 84.5 Å². The number of esters is 1. The van der Waals surface area contributed by atoms with E-state index in [0.717, 1.165) is 5.57 Å². The molecule has 0 aromatic carbocycles. The number of carbonyl (C=O) groups is 1. The molecule has 2 nitrogen and oxygen atoms in total. The fourth-order valence-corrected chi connectivity index (χ4v) is 5.17. The zero-order valence-corrected chi connectivity index (χ0v) is 11.9. The van der Waals surface area contributed by atoms with E-state index >= 15 is 0 Å². The van der Waals surface area contributed by atoms with Crippen LogP contribution in [-0.4, -0.2) is 31.5 Å². The van der Waals surface area contributed by atoms with Gasteiger partial charge in [0.1, 0.15) is 0 Å². The van der Waals surface area contributed by atoms with Gasteiger partial charge in [-0.2, -0.15) is 0 Å². The van der Waals surface area contributed by atoms with Gasteiger partial charge in [0.05, 0.1) is 0 Å². The van der Waals surface area contributed by atoms with E-state index < -0.39 is 18.4 Å². The van der Waals surface area contributed by atoms with E-state index in [0.29, 0.717) is 0 Å². The van der Waals surface area contributed by atoms with E-state index in [1.54, 1.807) is 0 Å². The van der Waals surface area contributed by atoms with Crippen LogP contribution in [0.25, 0.3) is 0 Å². The Morgan fingerprint density at radius 3 is 2.15 bits per heavy atom. The minimum absolute atomic E-state index is 0.295. The summed E-state index contributed by atoms with van der Waals surface area (Å²) in [6.45, 7) is 2.02. The third-order valence-electron chi connectivity index (χ3n) is 1.34. The third-order valence-corrected chi connectivity index (χ3v) is 5.12. The molecule has 0 saturated heterocycles. The Hall–Kier alpha value is -0.251. The number of allylic oxidation sites excluding steroid dienone is 2. The standard InChI is InChI=1S/C7H9O2.3CH3.Sn/c1-6(2)4-5-7(8)9-3;;;;/h1,4-5H,2-3H3;3*1H3;/b5-4+,6-1?;;;;. The number of ether oxygens (including phenoxy) is 1. The quantitative estimate of drug-likeness (QED) is 0.345. The van der Waals surface area contributed by atoms with E-state index in [4.69, 9.17) is 0 Å². The molecule has 3 heteroatoms. The molecule has 0 saturated carbocycles. The van der Waals surface area contributed by atoms with Crippen molar-refractivity contribution in [3.63, 3.8) is 0 Å². The molecule has 0 unspecified atom stereocenters. The molecule has 0 atom stereocenters. The molecule has 0 radical (unpaired) electrons. The average molecular weight is 289 g/mol. The van der Waals surface area contributed by atoms with Crippen molar-refractivity contribution in [1.82, 2.24) is 0 Å². The fraction of sp³-hybridized carbons (Fsp3) is 0.500. The molecule has 13 heavy (non-hydrogen) atoms. The molecule has 0 aromatic heterocycles. The fourth-order valence-electron chi connectivity index (χ4n) is 0.999. The summed E-state index contributed by atoms with van der Waals surface area (Å²) in [5.41, 5.74) is 1.16. The molecule has 0 heterocycles. The van der Waals surface area contributed by atoms with E-state index in [9.17, 15) is 4.79 Å². The van der Waals surface area contributed by atoms with Crippen LogP contribution in [0.1, 0.15) is 6.92 Å². The molecule has 0 aliphatic rings. The van der Waals surface area contributed by atoms with Crippen LogP contribution in [-0.2, 0) is 9.53 Å². The van der Waals surface area contributed by atoms with Crippen LogP contribution >= 0.6 is 0 Å². The number of hydrogen-bond donors (Lipinski definition) is 0. The molecular formula is C10H18O2Sn. The second-order valence-electron chi connectivity index (χ2n) is 4.11. The van der Waals surface area contributed by atoms with Gasteiger partial charge in [-0.1, -0.05) is 0 Å². The molecule has 0 amide bonds. The summed E-state index contributed by atoms with van der Waals surface area (Å²) < 4.78 is 6.81. The molecule has 0 bridgehead atoms. The van der Waals surface area contributed by atoms with E-state index in [1.165, 1.54) is 13.2 Å². The molecule has 0 spiro atoms. The first-order chi connectivity index (χ1) is 5.85. The van der Waals surface area contributed by atoms with Crippen LogP contribution in [0.4, 0.5) is 0 Å². The summed E-state index contributed by atoms with van der Waals surface area (Å²) in [5.74, 6) is -0.295. The molecule has 0 N–H and O–H groups in total. The Morgan fingerprint density at radius 1 is 1.23 bits per heavy atom. The van der Waals surface area contributed by atoms with Crippen molar-refractivity contribution < 1.29 is 9.53 Å².